The Balaban J connectivity index is 1.60. The van der Waals surface area contributed by atoms with Crippen LogP contribution in [0.15, 0.2) is 78.9 Å². The number of halogens is 1. The molecule has 188 valence electrons. The summed E-state index contributed by atoms with van der Waals surface area (Å²) in [6.45, 7) is 2.17. The number of benzene rings is 3. The number of rotatable bonds is 10. The second kappa shape index (κ2) is 12.6. The summed E-state index contributed by atoms with van der Waals surface area (Å²) in [4.78, 5) is 29.0. The molecule has 1 aliphatic carbocycles. The second-order valence-electron chi connectivity index (χ2n) is 9.45. The molecule has 1 saturated carbocycles. The third-order valence-corrected chi connectivity index (χ3v) is 6.84. The van der Waals surface area contributed by atoms with Gasteiger partial charge in [-0.25, -0.2) is 0 Å². The maximum Gasteiger partial charge on any atom is 0.261 e. The average molecular weight is 505 g/mol. The minimum absolute atomic E-state index is 0.113. The highest BCUT2D eigenvalue weighted by Crippen LogP contribution is 2.21. The molecule has 0 heterocycles. The molecule has 0 radical (unpaired) electrons. The average Bonchev–Trinajstić information content (AvgIpc) is 3.39. The summed E-state index contributed by atoms with van der Waals surface area (Å²) >= 11 is 5.98. The zero-order valence-electron chi connectivity index (χ0n) is 20.7. The number of aryl methyl sites for hydroxylation is 1. The fraction of sp³-hybridized carbons (Fsp3) is 0.333. The van der Waals surface area contributed by atoms with E-state index < -0.39 is 6.04 Å². The molecular formula is C30H33ClN2O3. The Bertz CT molecular complexity index is 1140. The molecule has 5 nitrogen and oxygen atoms in total. The lowest BCUT2D eigenvalue weighted by molar-refractivity contribution is -0.143. The Hall–Kier alpha value is -3.31. The third kappa shape index (κ3) is 7.34. The highest BCUT2D eigenvalue weighted by Gasteiger charge is 2.32. The molecule has 0 unspecified atom stereocenters. The summed E-state index contributed by atoms with van der Waals surface area (Å²) in [5, 5.41) is 3.82. The van der Waals surface area contributed by atoms with E-state index in [1.807, 2.05) is 55.5 Å². The van der Waals surface area contributed by atoms with Gasteiger partial charge in [-0.05, 0) is 55.2 Å². The largest absolute Gasteiger partial charge is 0.484 e. The molecule has 1 aliphatic rings. The summed E-state index contributed by atoms with van der Waals surface area (Å²) in [6.07, 6.45) is 4.63. The molecule has 3 aromatic carbocycles. The molecule has 1 N–H and O–H groups in total. The molecule has 6 heteroatoms. The number of nitrogens with zero attached hydrogens (tertiary/aromatic N) is 1. The van der Waals surface area contributed by atoms with E-state index in [-0.39, 0.29) is 24.5 Å². The highest BCUT2D eigenvalue weighted by molar-refractivity contribution is 6.30. The van der Waals surface area contributed by atoms with E-state index in [9.17, 15) is 9.59 Å². The Morgan fingerprint density at radius 3 is 2.36 bits per heavy atom. The summed E-state index contributed by atoms with van der Waals surface area (Å²) in [5.74, 6) is 0.200. The lowest BCUT2D eigenvalue weighted by Crippen LogP contribution is -2.53. The number of nitrogens with one attached hydrogen (secondary N) is 1. The van der Waals surface area contributed by atoms with Gasteiger partial charge in [0.1, 0.15) is 11.8 Å². The Morgan fingerprint density at radius 1 is 0.972 bits per heavy atom. The van der Waals surface area contributed by atoms with Gasteiger partial charge < -0.3 is 15.0 Å². The first-order valence-corrected chi connectivity index (χ1v) is 12.9. The van der Waals surface area contributed by atoms with Crippen molar-refractivity contribution in [2.24, 2.45) is 0 Å². The molecule has 0 bridgehead atoms. The first-order chi connectivity index (χ1) is 17.5. The van der Waals surface area contributed by atoms with Crippen LogP contribution in [0, 0.1) is 6.92 Å². The molecule has 36 heavy (non-hydrogen) atoms. The van der Waals surface area contributed by atoms with Crippen molar-refractivity contribution in [2.75, 3.05) is 6.61 Å². The predicted molar refractivity (Wildman–Crippen MR) is 143 cm³/mol. The molecule has 1 atom stereocenters. The smallest absolute Gasteiger partial charge is 0.261 e. The second-order valence-corrected chi connectivity index (χ2v) is 9.89. The van der Waals surface area contributed by atoms with Crippen molar-refractivity contribution in [3.05, 3.63) is 101 Å². The molecule has 1 fully saturated rings. The molecule has 2 amide bonds. The van der Waals surface area contributed by atoms with Crippen LogP contribution in [0.2, 0.25) is 5.02 Å². The molecule has 0 saturated heterocycles. The van der Waals surface area contributed by atoms with E-state index in [0.29, 0.717) is 23.7 Å². The minimum Gasteiger partial charge on any atom is -0.484 e. The molecule has 4 rings (SSSR count). The number of amides is 2. The first-order valence-electron chi connectivity index (χ1n) is 12.6. The van der Waals surface area contributed by atoms with Gasteiger partial charge >= 0.3 is 0 Å². The Labute approximate surface area is 218 Å². The van der Waals surface area contributed by atoms with Gasteiger partial charge in [-0.15, -0.1) is 0 Å². The summed E-state index contributed by atoms with van der Waals surface area (Å²) in [7, 11) is 0. The van der Waals surface area contributed by atoms with E-state index in [0.717, 1.165) is 42.4 Å². The number of carbonyl (C=O) groups excluding carboxylic acids is 2. The van der Waals surface area contributed by atoms with Gasteiger partial charge in [0.15, 0.2) is 6.61 Å². The maximum atomic E-state index is 13.7. The van der Waals surface area contributed by atoms with Crippen molar-refractivity contribution in [3.8, 4) is 5.75 Å². The van der Waals surface area contributed by atoms with E-state index >= 15 is 0 Å². The van der Waals surface area contributed by atoms with Crippen LogP contribution in [0.3, 0.4) is 0 Å². The Kier molecular flexibility index (Phi) is 9.01. The van der Waals surface area contributed by atoms with E-state index in [2.05, 4.69) is 11.4 Å². The number of hydrogen-bond donors (Lipinski definition) is 1. The van der Waals surface area contributed by atoms with Crippen molar-refractivity contribution < 1.29 is 14.3 Å². The monoisotopic (exact) mass is 504 g/mol. The van der Waals surface area contributed by atoms with Crippen LogP contribution in [0.1, 0.15) is 42.4 Å². The van der Waals surface area contributed by atoms with Gasteiger partial charge in [0.2, 0.25) is 5.91 Å². The SMILES string of the molecule is Cc1cccc(CN(C(=O)COc2ccc(Cl)cc2)[C@H](Cc2ccccc2)C(=O)NC2CCCC2)c1. The van der Waals surface area contributed by atoms with Gasteiger partial charge in [-0.1, -0.05) is 84.6 Å². The van der Waals surface area contributed by atoms with Crippen LogP contribution in [-0.2, 0) is 22.6 Å². The van der Waals surface area contributed by atoms with E-state index in [1.54, 1.807) is 29.2 Å². The summed E-state index contributed by atoms with van der Waals surface area (Å²) < 4.78 is 5.80. The standard InChI is InChI=1S/C30H33ClN2O3/c1-22-8-7-11-24(18-22)20-33(29(34)21-36-27-16-14-25(31)15-17-27)28(19-23-9-3-2-4-10-23)30(35)32-26-12-5-6-13-26/h2-4,7-11,14-18,26,28H,5-6,12-13,19-21H2,1H3,(H,32,35)/t28-/m1/s1. The summed E-state index contributed by atoms with van der Waals surface area (Å²) in [6, 6.07) is 24.3. The first kappa shape index (κ1) is 25.8. The zero-order valence-corrected chi connectivity index (χ0v) is 21.4. The lowest BCUT2D eigenvalue weighted by atomic mass is 10.0. The van der Waals surface area contributed by atoms with E-state index in [4.69, 9.17) is 16.3 Å². The highest BCUT2D eigenvalue weighted by atomic mass is 35.5. The van der Waals surface area contributed by atoms with Crippen molar-refractivity contribution in [1.29, 1.82) is 0 Å². The fourth-order valence-corrected chi connectivity index (χ4v) is 4.81. The number of carbonyl (C=O) groups is 2. The van der Waals surface area contributed by atoms with Crippen LogP contribution >= 0.6 is 11.6 Å². The molecular weight excluding hydrogens is 472 g/mol. The Morgan fingerprint density at radius 2 is 1.67 bits per heavy atom. The normalized spacial score (nSPS) is 14.3. The molecule has 0 aliphatic heterocycles. The topological polar surface area (TPSA) is 58.6 Å². The predicted octanol–water partition coefficient (Wildman–Crippen LogP) is 5.73. The van der Waals surface area contributed by atoms with Gasteiger partial charge in [0, 0.05) is 24.0 Å². The molecule has 0 aromatic heterocycles. The molecule has 3 aromatic rings. The fourth-order valence-electron chi connectivity index (χ4n) is 4.69. The van der Waals surface area contributed by atoms with Crippen molar-refractivity contribution in [1.82, 2.24) is 10.2 Å². The van der Waals surface area contributed by atoms with E-state index in [1.165, 1.54) is 0 Å². The van der Waals surface area contributed by atoms with Crippen LogP contribution in [-0.4, -0.2) is 35.4 Å². The minimum atomic E-state index is -0.658. The number of ether oxygens (including phenoxy) is 1. The van der Waals surface area contributed by atoms with Gasteiger partial charge in [-0.3, -0.25) is 9.59 Å². The summed E-state index contributed by atoms with van der Waals surface area (Å²) in [5.41, 5.74) is 3.08. The van der Waals surface area contributed by atoms with Crippen LogP contribution < -0.4 is 10.1 Å². The molecule has 0 spiro atoms. The van der Waals surface area contributed by atoms with Crippen LogP contribution in [0.5, 0.6) is 5.75 Å². The lowest BCUT2D eigenvalue weighted by Gasteiger charge is -2.32. The van der Waals surface area contributed by atoms with Crippen molar-refractivity contribution in [2.45, 2.75) is 57.7 Å². The zero-order chi connectivity index (χ0) is 25.3. The van der Waals surface area contributed by atoms with Gasteiger partial charge in [0.25, 0.3) is 5.91 Å². The quantitative estimate of drug-likeness (QED) is 0.384. The van der Waals surface area contributed by atoms with Gasteiger partial charge in [-0.2, -0.15) is 0 Å². The number of hydrogen-bond acceptors (Lipinski definition) is 3. The third-order valence-electron chi connectivity index (χ3n) is 6.58. The van der Waals surface area contributed by atoms with Crippen LogP contribution in [0.25, 0.3) is 0 Å². The van der Waals surface area contributed by atoms with Crippen molar-refractivity contribution in [3.63, 3.8) is 0 Å². The van der Waals surface area contributed by atoms with Crippen LogP contribution in [0.4, 0.5) is 0 Å². The van der Waals surface area contributed by atoms with Gasteiger partial charge in [0.05, 0.1) is 0 Å². The maximum absolute atomic E-state index is 13.7. The van der Waals surface area contributed by atoms with Crippen molar-refractivity contribution >= 4 is 23.4 Å².